The molecule has 5 heteroatoms. The van der Waals surface area contributed by atoms with Gasteiger partial charge in [0.05, 0.1) is 0 Å². The second-order valence-electron chi connectivity index (χ2n) is 4.05. The first-order valence-electron chi connectivity index (χ1n) is 4.45. The Morgan fingerprint density at radius 2 is 2.36 bits per heavy atom. The number of carbonyl (C=O) groups is 1. The largest absolute Gasteiger partial charge is 0.349 e. The van der Waals surface area contributed by atoms with Crippen LogP contribution in [0, 0.1) is 0 Å². The lowest BCUT2D eigenvalue weighted by Gasteiger charge is -2.18. The Morgan fingerprint density at radius 1 is 1.71 bits per heavy atom. The lowest BCUT2D eigenvalue weighted by molar-refractivity contribution is 0.0940. The molecule has 0 fully saturated rings. The zero-order chi connectivity index (χ0) is 10.8. The summed E-state index contributed by atoms with van der Waals surface area (Å²) in [5, 5.41) is 6.69. The Kier molecular flexibility index (Phi) is 2.90. The van der Waals surface area contributed by atoms with Gasteiger partial charge in [-0.05, 0) is 19.9 Å². The van der Waals surface area contributed by atoms with E-state index in [-0.39, 0.29) is 5.91 Å². The van der Waals surface area contributed by atoms with Crippen molar-refractivity contribution < 1.29 is 4.79 Å². The number of aryl methyl sites for hydroxylation is 1. The minimum absolute atomic E-state index is 0.191. The van der Waals surface area contributed by atoms with Crippen LogP contribution in [0.25, 0.3) is 0 Å². The second-order valence-corrected chi connectivity index (χ2v) is 4.05. The molecule has 0 aliphatic rings. The van der Waals surface area contributed by atoms with Crippen LogP contribution in [0.5, 0.6) is 0 Å². The van der Waals surface area contributed by atoms with Crippen molar-refractivity contribution in [3.05, 3.63) is 18.0 Å². The molecule has 0 aromatic carbocycles. The Morgan fingerprint density at radius 3 is 2.79 bits per heavy atom. The van der Waals surface area contributed by atoms with Gasteiger partial charge in [0.25, 0.3) is 5.91 Å². The van der Waals surface area contributed by atoms with Gasteiger partial charge in [0.1, 0.15) is 5.69 Å². The molecule has 1 amide bonds. The van der Waals surface area contributed by atoms with E-state index in [1.54, 1.807) is 24.0 Å². The molecule has 0 atom stereocenters. The molecule has 0 spiro atoms. The zero-order valence-corrected chi connectivity index (χ0v) is 8.74. The minimum Gasteiger partial charge on any atom is -0.349 e. The summed E-state index contributed by atoms with van der Waals surface area (Å²) in [5.74, 6) is -0.191. The van der Waals surface area contributed by atoms with E-state index in [2.05, 4.69) is 10.4 Å². The maximum Gasteiger partial charge on any atom is 0.271 e. The molecule has 0 saturated carbocycles. The van der Waals surface area contributed by atoms with Gasteiger partial charge in [-0.25, -0.2) is 0 Å². The Hall–Kier alpha value is -1.36. The summed E-state index contributed by atoms with van der Waals surface area (Å²) < 4.78 is 1.59. The van der Waals surface area contributed by atoms with Crippen LogP contribution in [0.3, 0.4) is 0 Å². The maximum atomic E-state index is 11.5. The fourth-order valence-electron chi connectivity index (χ4n) is 0.935. The van der Waals surface area contributed by atoms with Gasteiger partial charge >= 0.3 is 0 Å². The molecular weight excluding hydrogens is 180 g/mol. The SMILES string of the molecule is Cn1ccc(C(=O)NCC(C)(C)N)n1. The lowest BCUT2D eigenvalue weighted by Crippen LogP contribution is -2.45. The molecule has 14 heavy (non-hydrogen) atoms. The summed E-state index contributed by atoms with van der Waals surface area (Å²) in [5.41, 5.74) is 5.74. The summed E-state index contributed by atoms with van der Waals surface area (Å²) in [6, 6.07) is 1.67. The third kappa shape index (κ3) is 3.18. The van der Waals surface area contributed by atoms with Gasteiger partial charge in [-0.2, -0.15) is 5.10 Å². The number of hydrogen-bond donors (Lipinski definition) is 2. The highest BCUT2D eigenvalue weighted by Crippen LogP contribution is 1.96. The van der Waals surface area contributed by atoms with Crippen molar-refractivity contribution >= 4 is 5.91 Å². The fourth-order valence-corrected chi connectivity index (χ4v) is 0.935. The Balaban J connectivity index is 2.52. The van der Waals surface area contributed by atoms with Gasteiger partial charge in [-0.15, -0.1) is 0 Å². The van der Waals surface area contributed by atoms with Crippen LogP contribution in [-0.4, -0.2) is 27.8 Å². The number of amides is 1. The maximum absolute atomic E-state index is 11.5. The molecule has 1 heterocycles. The van der Waals surface area contributed by atoms with E-state index >= 15 is 0 Å². The number of nitrogens with two attached hydrogens (primary N) is 1. The molecule has 0 aliphatic carbocycles. The van der Waals surface area contributed by atoms with E-state index in [9.17, 15) is 4.79 Å². The van der Waals surface area contributed by atoms with Gasteiger partial charge in [-0.3, -0.25) is 9.48 Å². The number of nitrogens with one attached hydrogen (secondary N) is 1. The van der Waals surface area contributed by atoms with Crippen LogP contribution in [0.15, 0.2) is 12.3 Å². The minimum atomic E-state index is -0.398. The van der Waals surface area contributed by atoms with Crippen LogP contribution >= 0.6 is 0 Å². The summed E-state index contributed by atoms with van der Waals surface area (Å²) in [4.78, 5) is 11.5. The van der Waals surface area contributed by atoms with E-state index in [0.717, 1.165) is 0 Å². The molecular formula is C9H16N4O. The summed E-state index contributed by atoms with van der Waals surface area (Å²) in [6.45, 7) is 4.14. The fraction of sp³-hybridized carbons (Fsp3) is 0.556. The number of aromatic nitrogens is 2. The van der Waals surface area contributed by atoms with E-state index in [1.807, 2.05) is 13.8 Å². The quantitative estimate of drug-likeness (QED) is 0.708. The lowest BCUT2D eigenvalue weighted by atomic mass is 10.1. The van der Waals surface area contributed by atoms with Crippen LogP contribution in [0.4, 0.5) is 0 Å². The van der Waals surface area contributed by atoms with Gasteiger partial charge < -0.3 is 11.1 Å². The first kappa shape index (κ1) is 10.7. The molecule has 0 saturated heterocycles. The number of nitrogens with zero attached hydrogens (tertiary/aromatic N) is 2. The number of hydrogen-bond acceptors (Lipinski definition) is 3. The van der Waals surface area contributed by atoms with Crippen molar-refractivity contribution in [3.63, 3.8) is 0 Å². The third-order valence-electron chi connectivity index (χ3n) is 1.65. The van der Waals surface area contributed by atoms with Crippen molar-refractivity contribution in [2.24, 2.45) is 12.8 Å². The Labute approximate surface area is 83.3 Å². The van der Waals surface area contributed by atoms with Crippen LogP contribution in [0.1, 0.15) is 24.3 Å². The molecule has 0 aliphatic heterocycles. The van der Waals surface area contributed by atoms with E-state index in [0.29, 0.717) is 12.2 Å². The zero-order valence-electron chi connectivity index (χ0n) is 8.74. The highest BCUT2D eigenvalue weighted by atomic mass is 16.1. The molecule has 1 rings (SSSR count). The van der Waals surface area contributed by atoms with Gasteiger partial charge in [-0.1, -0.05) is 0 Å². The van der Waals surface area contributed by atoms with Crippen molar-refractivity contribution in [2.45, 2.75) is 19.4 Å². The van der Waals surface area contributed by atoms with Crippen molar-refractivity contribution in [2.75, 3.05) is 6.54 Å². The Bertz CT molecular complexity index is 324. The molecule has 0 radical (unpaired) electrons. The van der Waals surface area contributed by atoms with Crippen LogP contribution in [0.2, 0.25) is 0 Å². The average Bonchev–Trinajstić information content (AvgIpc) is 2.46. The highest BCUT2D eigenvalue weighted by Gasteiger charge is 2.14. The third-order valence-corrected chi connectivity index (χ3v) is 1.65. The van der Waals surface area contributed by atoms with Crippen molar-refractivity contribution in [1.29, 1.82) is 0 Å². The molecule has 1 aromatic heterocycles. The topological polar surface area (TPSA) is 72.9 Å². The smallest absolute Gasteiger partial charge is 0.271 e. The normalized spacial score (nSPS) is 11.4. The van der Waals surface area contributed by atoms with Crippen LogP contribution < -0.4 is 11.1 Å². The molecule has 1 aromatic rings. The van der Waals surface area contributed by atoms with Crippen molar-refractivity contribution in [1.82, 2.24) is 15.1 Å². The standard InChI is InChI=1S/C9H16N4O/c1-9(2,10)6-11-8(14)7-4-5-13(3)12-7/h4-5H,6,10H2,1-3H3,(H,11,14). The van der Waals surface area contributed by atoms with E-state index in [1.165, 1.54) is 0 Å². The molecule has 5 nitrogen and oxygen atoms in total. The molecule has 0 bridgehead atoms. The monoisotopic (exact) mass is 196 g/mol. The average molecular weight is 196 g/mol. The molecule has 78 valence electrons. The predicted molar refractivity (Wildman–Crippen MR) is 53.8 cm³/mol. The second kappa shape index (κ2) is 3.79. The number of carbonyl (C=O) groups excluding carboxylic acids is 1. The highest BCUT2D eigenvalue weighted by molar-refractivity contribution is 5.92. The van der Waals surface area contributed by atoms with E-state index in [4.69, 9.17) is 5.73 Å². The molecule has 3 N–H and O–H groups in total. The van der Waals surface area contributed by atoms with E-state index < -0.39 is 5.54 Å². The number of rotatable bonds is 3. The van der Waals surface area contributed by atoms with Gasteiger partial charge in [0, 0.05) is 25.3 Å². The summed E-state index contributed by atoms with van der Waals surface area (Å²) in [6.07, 6.45) is 1.72. The van der Waals surface area contributed by atoms with Crippen LogP contribution in [-0.2, 0) is 7.05 Å². The first-order chi connectivity index (χ1) is 6.38. The summed E-state index contributed by atoms with van der Waals surface area (Å²) in [7, 11) is 1.77. The predicted octanol–water partition coefficient (Wildman–Crippen LogP) is -0.113. The van der Waals surface area contributed by atoms with Gasteiger partial charge in [0.15, 0.2) is 0 Å². The van der Waals surface area contributed by atoms with Crippen molar-refractivity contribution in [3.8, 4) is 0 Å². The first-order valence-corrected chi connectivity index (χ1v) is 4.45. The summed E-state index contributed by atoms with van der Waals surface area (Å²) >= 11 is 0. The molecule has 0 unspecified atom stereocenters. The van der Waals surface area contributed by atoms with Gasteiger partial charge in [0.2, 0.25) is 0 Å².